The second kappa shape index (κ2) is 8.91. The van der Waals surface area contributed by atoms with Gasteiger partial charge < -0.3 is 4.90 Å². The standard InChI is InChI=1S/C19H20ClFN2O4S2/c1-13-2-6-18(28-13)17(24)5-7-19(25)22-8-10-23(11-9-22)29(26,27)14-3-4-16(21)15(20)12-14/h2-4,6,12H,5,7-11H2,1H3. The number of carbonyl (C=O) groups is 2. The molecular formula is C19H20ClFN2O4S2. The van der Waals surface area contributed by atoms with Crippen molar-refractivity contribution in [3.63, 3.8) is 0 Å². The molecule has 0 saturated carbocycles. The number of thiophene rings is 1. The molecule has 0 unspecified atom stereocenters. The van der Waals surface area contributed by atoms with Gasteiger partial charge in [0.15, 0.2) is 5.78 Å². The van der Waals surface area contributed by atoms with Crippen molar-refractivity contribution >= 4 is 44.7 Å². The summed E-state index contributed by atoms with van der Waals surface area (Å²) >= 11 is 7.10. The zero-order chi connectivity index (χ0) is 21.2. The van der Waals surface area contributed by atoms with Gasteiger partial charge in [0.05, 0.1) is 14.8 Å². The van der Waals surface area contributed by atoms with E-state index >= 15 is 0 Å². The molecule has 1 aromatic carbocycles. The van der Waals surface area contributed by atoms with Crippen LogP contribution in [-0.4, -0.2) is 55.5 Å². The number of aryl methyl sites for hydroxylation is 1. The van der Waals surface area contributed by atoms with Gasteiger partial charge in [0.2, 0.25) is 15.9 Å². The Bertz CT molecular complexity index is 1030. The molecule has 0 radical (unpaired) electrons. The number of nitrogens with zero attached hydrogens (tertiary/aromatic N) is 2. The largest absolute Gasteiger partial charge is 0.340 e. The first kappa shape index (κ1) is 21.9. The second-order valence-electron chi connectivity index (χ2n) is 6.69. The van der Waals surface area contributed by atoms with Crippen LogP contribution in [0.2, 0.25) is 5.02 Å². The van der Waals surface area contributed by atoms with Gasteiger partial charge in [-0.1, -0.05) is 11.6 Å². The molecule has 1 aromatic heterocycles. The number of carbonyl (C=O) groups excluding carboxylic acids is 2. The number of piperazine rings is 1. The van der Waals surface area contributed by atoms with Crippen molar-refractivity contribution in [1.82, 2.24) is 9.21 Å². The topological polar surface area (TPSA) is 74.8 Å². The fraction of sp³-hybridized carbons (Fsp3) is 0.368. The molecule has 29 heavy (non-hydrogen) atoms. The Hall–Kier alpha value is -1.81. The number of hydrogen-bond donors (Lipinski definition) is 0. The van der Waals surface area contributed by atoms with Gasteiger partial charge >= 0.3 is 0 Å². The van der Waals surface area contributed by atoms with E-state index in [0.717, 1.165) is 17.0 Å². The molecule has 0 bridgehead atoms. The van der Waals surface area contributed by atoms with Crippen LogP contribution in [0.15, 0.2) is 35.2 Å². The molecule has 1 fully saturated rings. The summed E-state index contributed by atoms with van der Waals surface area (Å²) in [7, 11) is -3.82. The first-order valence-corrected chi connectivity index (χ1v) is 11.6. The van der Waals surface area contributed by atoms with Crippen molar-refractivity contribution in [3.8, 4) is 0 Å². The third kappa shape index (κ3) is 5.03. The van der Waals surface area contributed by atoms with E-state index in [1.54, 1.807) is 11.0 Å². The number of ketones is 1. The van der Waals surface area contributed by atoms with Crippen LogP contribution in [0, 0.1) is 12.7 Å². The number of sulfonamides is 1. The van der Waals surface area contributed by atoms with Crippen LogP contribution >= 0.6 is 22.9 Å². The summed E-state index contributed by atoms with van der Waals surface area (Å²) in [4.78, 5) is 27.7. The van der Waals surface area contributed by atoms with E-state index in [-0.39, 0.29) is 60.6 Å². The van der Waals surface area contributed by atoms with E-state index in [1.807, 2.05) is 13.0 Å². The Labute approximate surface area is 177 Å². The van der Waals surface area contributed by atoms with Gasteiger partial charge in [-0.05, 0) is 37.3 Å². The van der Waals surface area contributed by atoms with Gasteiger partial charge in [-0.2, -0.15) is 4.31 Å². The van der Waals surface area contributed by atoms with Crippen molar-refractivity contribution in [2.45, 2.75) is 24.7 Å². The average Bonchev–Trinajstić information content (AvgIpc) is 3.14. The van der Waals surface area contributed by atoms with Crippen molar-refractivity contribution in [2.75, 3.05) is 26.2 Å². The molecule has 1 aliphatic rings. The maximum absolute atomic E-state index is 13.3. The highest BCUT2D eigenvalue weighted by molar-refractivity contribution is 7.89. The number of hydrogen-bond acceptors (Lipinski definition) is 5. The normalized spacial score (nSPS) is 15.5. The molecule has 1 amide bonds. The summed E-state index contributed by atoms with van der Waals surface area (Å²) in [5.74, 6) is -0.923. The molecule has 156 valence electrons. The molecule has 1 aliphatic heterocycles. The number of amides is 1. The van der Waals surface area contributed by atoms with Crippen molar-refractivity contribution in [1.29, 1.82) is 0 Å². The highest BCUT2D eigenvalue weighted by Gasteiger charge is 2.30. The van der Waals surface area contributed by atoms with E-state index < -0.39 is 15.8 Å². The van der Waals surface area contributed by atoms with Crippen LogP contribution in [-0.2, 0) is 14.8 Å². The number of halogens is 2. The minimum absolute atomic E-state index is 0.0640. The fourth-order valence-electron chi connectivity index (χ4n) is 3.05. The van der Waals surface area contributed by atoms with E-state index in [0.29, 0.717) is 4.88 Å². The van der Waals surface area contributed by atoms with Gasteiger partial charge in [-0.3, -0.25) is 9.59 Å². The maximum Gasteiger partial charge on any atom is 0.243 e. The van der Waals surface area contributed by atoms with Crippen LogP contribution in [0.4, 0.5) is 4.39 Å². The molecule has 3 rings (SSSR count). The van der Waals surface area contributed by atoms with E-state index in [4.69, 9.17) is 11.6 Å². The fourth-order valence-corrected chi connectivity index (χ4v) is 5.58. The zero-order valence-electron chi connectivity index (χ0n) is 15.7. The monoisotopic (exact) mass is 458 g/mol. The zero-order valence-corrected chi connectivity index (χ0v) is 18.1. The van der Waals surface area contributed by atoms with E-state index in [2.05, 4.69) is 0 Å². The molecule has 10 heteroatoms. The molecule has 1 saturated heterocycles. The van der Waals surface area contributed by atoms with Crippen molar-refractivity contribution < 1.29 is 22.4 Å². The Kier molecular flexibility index (Phi) is 6.72. The lowest BCUT2D eigenvalue weighted by Gasteiger charge is -2.34. The predicted octanol–water partition coefficient (Wildman–Crippen LogP) is 3.35. The minimum Gasteiger partial charge on any atom is -0.340 e. The summed E-state index contributed by atoms with van der Waals surface area (Å²) in [6.45, 7) is 2.64. The van der Waals surface area contributed by atoms with Crippen LogP contribution in [0.1, 0.15) is 27.4 Å². The van der Waals surface area contributed by atoms with Crippen molar-refractivity contribution in [3.05, 3.63) is 50.9 Å². The van der Waals surface area contributed by atoms with Gasteiger partial charge in [-0.25, -0.2) is 12.8 Å². The van der Waals surface area contributed by atoms with Gasteiger partial charge in [-0.15, -0.1) is 11.3 Å². The van der Waals surface area contributed by atoms with Crippen LogP contribution < -0.4 is 0 Å². The molecule has 2 heterocycles. The molecule has 0 N–H and O–H groups in total. The van der Waals surface area contributed by atoms with Gasteiger partial charge in [0.25, 0.3) is 0 Å². The van der Waals surface area contributed by atoms with E-state index in [9.17, 15) is 22.4 Å². The summed E-state index contributed by atoms with van der Waals surface area (Å²) in [5, 5.41) is -0.259. The third-order valence-corrected chi connectivity index (χ3v) is 7.93. The molecule has 0 atom stereocenters. The summed E-state index contributed by atoms with van der Waals surface area (Å²) < 4.78 is 39.9. The smallest absolute Gasteiger partial charge is 0.243 e. The molecule has 0 aliphatic carbocycles. The average molecular weight is 459 g/mol. The summed E-state index contributed by atoms with van der Waals surface area (Å²) in [6, 6.07) is 6.90. The van der Waals surface area contributed by atoms with Gasteiger partial charge in [0, 0.05) is 43.9 Å². The molecule has 0 spiro atoms. The molecule has 2 aromatic rings. The quantitative estimate of drug-likeness (QED) is 0.622. The Morgan fingerprint density at radius 1 is 1.10 bits per heavy atom. The summed E-state index contributed by atoms with van der Waals surface area (Å²) in [5.41, 5.74) is 0. The SMILES string of the molecule is Cc1ccc(C(=O)CCC(=O)N2CCN(S(=O)(=O)c3ccc(F)c(Cl)c3)CC2)s1. The molecular weight excluding hydrogens is 439 g/mol. The lowest BCUT2D eigenvalue weighted by atomic mass is 10.1. The first-order valence-electron chi connectivity index (χ1n) is 9.01. The lowest BCUT2D eigenvalue weighted by Crippen LogP contribution is -2.50. The number of Topliss-reactive ketones (excluding diaryl/α,β-unsaturated/α-hetero) is 1. The Morgan fingerprint density at radius 3 is 2.38 bits per heavy atom. The Morgan fingerprint density at radius 2 is 1.79 bits per heavy atom. The molecule has 6 nitrogen and oxygen atoms in total. The second-order valence-corrected chi connectivity index (χ2v) is 10.3. The van der Waals surface area contributed by atoms with E-state index in [1.165, 1.54) is 21.7 Å². The van der Waals surface area contributed by atoms with Crippen LogP contribution in [0.25, 0.3) is 0 Å². The first-order chi connectivity index (χ1) is 13.7. The van der Waals surface area contributed by atoms with Gasteiger partial charge in [0.1, 0.15) is 5.82 Å². The van der Waals surface area contributed by atoms with Crippen molar-refractivity contribution in [2.24, 2.45) is 0 Å². The number of rotatable bonds is 6. The predicted molar refractivity (Wildman–Crippen MR) is 109 cm³/mol. The lowest BCUT2D eigenvalue weighted by molar-refractivity contribution is -0.132. The minimum atomic E-state index is -3.82. The van der Waals surface area contributed by atoms with Crippen LogP contribution in [0.3, 0.4) is 0 Å². The van der Waals surface area contributed by atoms with Crippen LogP contribution in [0.5, 0.6) is 0 Å². The highest BCUT2D eigenvalue weighted by atomic mass is 35.5. The number of benzene rings is 1. The Balaban J connectivity index is 1.54. The highest BCUT2D eigenvalue weighted by Crippen LogP contribution is 2.23. The maximum atomic E-state index is 13.3. The summed E-state index contributed by atoms with van der Waals surface area (Å²) in [6.07, 6.45) is 0.224. The third-order valence-electron chi connectivity index (χ3n) is 4.70.